The van der Waals surface area contributed by atoms with Gasteiger partial charge in [0.05, 0.1) is 22.1 Å². The maximum absolute atomic E-state index is 13.0. The quantitative estimate of drug-likeness (QED) is 0.352. The first-order chi connectivity index (χ1) is 14.2. The Labute approximate surface area is 178 Å². The Morgan fingerprint density at radius 2 is 1.97 bits per heavy atom. The fraction of sp³-hybridized carbons (Fsp3) is 0.217. The van der Waals surface area contributed by atoms with Crippen LogP contribution < -0.4 is 10.1 Å². The number of carbonyl (C=O) groups is 1. The molecule has 4 aromatic rings. The highest BCUT2D eigenvalue weighted by molar-refractivity contribution is 8.02. The third-order valence-electron chi connectivity index (χ3n) is 4.61. The van der Waals surface area contributed by atoms with Gasteiger partial charge in [-0.1, -0.05) is 55.1 Å². The summed E-state index contributed by atoms with van der Waals surface area (Å²) in [5.74, 6) is 0.851. The minimum absolute atomic E-state index is 0.00288. The second-order valence-corrected chi connectivity index (χ2v) is 9.05. The first-order valence-corrected chi connectivity index (χ1v) is 11.4. The summed E-state index contributed by atoms with van der Waals surface area (Å²) >= 11 is 3.12. The third kappa shape index (κ3) is 4.38. The molecule has 0 aliphatic rings. The Morgan fingerprint density at radius 3 is 2.79 bits per heavy atom. The first-order valence-electron chi connectivity index (χ1n) is 9.66. The van der Waals surface area contributed by atoms with Crippen molar-refractivity contribution in [3.63, 3.8) is 0 Å². The molecular formula is C23H22N2O2S2. The van der Waals surface area contributed by atoms with Crippen LogP contribution in [0.25, 0.3) is 21.0 Å². The minimum Gasteiger partial charge on any atom is -0.494 e. The van der Waals surface area contributed by atoms with Crippen LogP contribution in [0.2, 0.25) is 0 Å². The smallest absolute Gasteiger partial charge is 0.237 e. The number of carbonyl (C=O) groups excluding carboxylic acids is 1. The van der Waals surface area contributed by atoms with Gasteiger partial charge in [0.1, 0.15) is 5.75 Å². The van der Waals surface area contributed by atoms with E-state index in [1.807, 2.05) is 62.4 Å². The zero-order chi connectivity index (χ0) is 20.2. The van der Waals surface area contributed by atoms with Crippen molar-refractivity contribution in [2.45, 2.75) is 29.9 Å². The second kappa shape index (κ2) is 8.84. The molecule has 1 atom stereocenters. The van der Waals surface area contributed by atoms with Gasteiger partial charge in [-0.3, -0.25) is 4.79 Å². The van der Waals surface area contributed by atoms with Gasteiger partial charge in [0.2, 0.25) is 5.91 Å². The number of thiazole rings is 1. The van der Waals surface area contributed by atoms with Crippen molar-refractivity contribution in [1.29, 1.82) is 0 Å². The Hall–Kier alpha value is -2.57. The number of nitrogens with one attached hydrogen (secondary N) is 1. The Balaban J connectivity index is 1.52. The van der Waals surface area contributed by atoms with E-state index in [4.69, 9.17) is 4.74 Å². The third-order valence-corrected chi connectivity index (χ3v) is 7.08. The summed E-state index contributed by atoms with van der Waals surface area (Å²) in [6, 6.07) is 20.0. The molecule has 1 unspecified atom stereocenters. The van der Waals surface area contributed by atoms with Gasteiger partial charge in [0, 0.05) is 11.1 Å². The van der Waals surface area contributed by atoms with Gasteiger partial charge in [0.25, 0.3) is 0 Å². The highest BCUT2D eigenvalue weighted by Crippen LogP contribution is 2.35. The van der Waals surface area contributed by atoms with Crippen LogP contribution in [0.15, 0.2) is 65.0 Å². The predicted molar refractivity (Wildman–Crippen MR) is 123 cm³/mol. The summed E-state index contributed by atoms with van der Waals surface area (Å²) in [6.07, 6.45) is 0.724. The highest BCUT2D eigenvalue weighted by atomic mass is 32.2. The Morgan fingerprint density at radius 1 is 1.14 bits per heavy atom. The second-order valence-electron chi connectivity index (χ2n) is 6.57. The van der Waals surface area contributed by atoms with Gasteiger partial charge in [-0.2, -0.15) is 0 Å². The van der Waals surface area contributed by atoms with Gasteiger partial charge < -0.3 is 10.1 Å². The number of amides is 1. The van der Waals surface area contributed by atoms with Crippen molar-refractivity contribution in [2.24, 2.45) is 0 Å². The van der Waals surface area contributed by atoms with Crippen LogP contribution in [0.3, 0.4) is 0 Å². The fourth-order valence-electron chi connectivity index (χ4n) is 3.18. The number of rotatable bonds is 7. The molecule has 0 fully saturated rings. The molecule has 0 aliphatic heterocycles. The lowest BCUT2D eigenvalue weighted by molar-refractivity contribution is -0.115. The average Bonchev–Trinajstić information content (AvgIpc) is 3.14. The standard InChI is InChI=1S/C23H22N2O2S2/c1-3-20(22(26)24-18-11-7-9-15-8-5-6-10-17(15)18)28-23-25-19-13-12-16(27-4-2)14-21(19)29-23/h5-14,20H,3-4H2,1-2H3,(H,24,26). The van der Waals surface area contributed by atoms with Gasteiger partial charge in [-0.15, -0.1) is 11.3 Å². The Kier molecular flexibility index (Phi) is 6.02. The monoisotopic (exact) mass is 422 g/mol. The van der Waals surface area contributed by atoms with E-state index in [9.17, 15) is 4.79 Å². The van der Waals surface area contributed by atoms with Gasteiger partial charge in [-0.05, 0) is 43.0 Å². The lowest BCUT2D eigenvalue weighted by Gasteiger charge is -2.14. The maximum atomic E-state index is 13.0. The van der Waals surface area contributed by atoms with Gasteiger partial charge in [0.15, 0.2) is 4.34 Å². The molecule has 1 aromatic heterocycles. The van der Waals surface area contributed by atoms with Crippen LogP contribution in [0.4, 0.5) is 5.69 Å². The van der Waals surface area contributed by atoms with Gasteiger partial charge in [-0.25, -0.2) is 4.98 Å². The maximum Gasteiger partial charge on any atom is 0.237 e. The Bertz CT molecular complexity index is 1150. The van der Waals surface area contributed by atoms with Crippen molar-refractivity contribution in [2.75, 3.05) is 11.9 Å². The summed E-state index contributed by atoms with van der Waals surface area (Å²) in [5.41, 5.74) is 1.78. The number of thioether (sulfide) groups is 1. The van der Waals surface area contributed by atoms with Crippen LogP contribution in [-0.4, -0.2) is 22.7 Å². The predicted octanol–water partition coefficient (Wildman–Crippen LogP) is 6.36. The number of fused-ring (bicyclic) bond motifs is 2. The largest absolute Gasteiger partial charge is 0.494 e. The molecule has 0 aliphatic carbocycles. The molecule has 4 rings (SSSR count). The van der Waals surface area contributed by atoms with E-state index in [1.165, 1.54) is 11.8 Å². The number of ether oxygens (including phenoxy) is 1. The molecule has 4 nitrogen and oxygen atoms in total. The van der Waals surface area contributed by atoms with Gasteiger partial charge >= 0.3 is 0 Å². The number of anilines is 1. The topological polar surface area (TPSA) is 51.2 Å². The zero-order valence-electron chi connectivity index (χ0n) is 16.3. The van der Waals surface area contributed by atoms with Crippen molar-refractivity contribution >= 4 is 55.7 Å². The van der Waals surface area contributed by atoms with Crippen molar-refractivity contribution in [1.82, 2.24) is 4.98 Å². The van der Waals surface area contributed by atoms with E-state index in [-0.39, 0.29) is 11.2 Å². The SMILES string of the molecule is CCOc1ccc2nc(SC(CC)C(=O)Nc3cccc4ccccc34)sc2c1. The van der Waals surface area contributed by atoms with Crippen LogP contribution >= 0.6 is 23.1 Å². The fourth-order valence-corrected chi connectivity index (χ4v) is 5.45. The summed E-state index contributed by atoms with van der Waals surface area (Å²) in [4.78, 5) is 17.7. The molecule has 6 heteroatoms. The average molecular weight is 423 g/mol. The molecule has 1 heterocycles. The van der Waals surface area contributed by atoms with E-state index in [1.54, 1.807) is 11.3 Å². The normalized spacial score (nSPS) is 12.2. The molecule has 0 bridgehead atoms. The number of aromatic nitrogens is 1. The molecular weight excluding hydrogens is 400 g/mol. The number of benzene rings is 3. The molecule has 1 amide bonds. The van der Waals surface area contributed by atoms with Crippen molar-refractivity contribution in [3.8, 4) is 5.75 Å². The van der Waals surface area contributed by atoms with E-state index < -0.39 is 0 Å². The van der Waals surface area contributed by atoms with E-state index in [0.717, 1.165) is 43.2 Å². The van der Waals surface area contributed by atoms with Crippen molar-refractivity contribution in [3.05, 3.63) is 60.7 Å². The van der Waals surface area contributed by atoms with Crippen LogP contribution in [0.5, 0.6) is 5.75 Å². The van der Waals surface area contributed by atoms with E-state index in [2.05, 4.69) is 22.4 Å². The zero-order valence-corrected chi connectivity index (χ0v) is 18.0. The minimum atomic E-state index is -0.208. The number of hydrogen-bond acceptors (Lipinski definition) is 5. The van der Waals surface area contributed by atoms with Crippen molar-refractivity contribution < 1.29 is 9.53 Å². The van der Waals surface area contributed by atoms with Crippen LogP contribution in [0.1, 0.15) is 20.3 Å². The van der Waals surface area contributed by atoms with E-state index in [0.29, 0.717) is 6.61 Å². The molecule has 3 aromatic carbocycles. The van der Waals surface area contributed by atoms with Crippen LogP contribution in [-0.2, 0) is 4.79 Å². The molecule has 29 heavy (non-hydrogen) atoms. The molecule has 0 radical (unpaired) electrons. The molecule has 0 saturated heterocycles. The molecule has 0 saturated carbocycles. The van der Waals surface area contributed by atoms with Crippen LogP contribution in [0, 0.1) is 0 Å². The molecule has 148 valence electrons. The first kappa shape index (κ1) is 19.7. The van der Waals surface area contributed by atoms with E-state index >= 15 is 0 Å². The summed E-state index contributed by atoms with van der Waals surface area (Å²) in [7, 11) is 0. The number of hydrogen-bond donors (Lipinski definition) is 1. The highest BCUT2D eigenvalue weighted by Gasteiger charge is 2.21. The summed E-state index contributed by atoms with van der Waals surface area (Å²) in [5, 5.41) is 5.07. The lowest BCUT2D eigenvalue weighted by atomic mass is 10.1. The molecule has 1 N–H and O–H groups in total. The molecule has 0 spiro atoms. The number of nitrogens with zero attached hydrogens (tertiary/aromatic N) is 1. The summed E-state index contributed by atoms with van der Waals surface area (Å²) < 4.78 is 7.54. The summed E-state index contributed by atoms with van der Waals surface area (Å²) in [6.45, 7) is 4.64. The lowest BCUT2D eigenvalue weighted by Crippen LogP contribution is -2.24.